The molecule has 0 bridgehead atoms. The molecule has 22 heavy (non-hydrogen) atoms. The van der Waals surface area contributed by atoms with E-state index in [1.807, 2.05) is 26.0 Å². The van der Waals surface area contributed by atoms with Gasteiger partial charge in [-0.25, -0.2) is 4.79 Å². The van der Waals surface area contributed by atoms with Crippen LogP contribution in [0.3, 0.4) is 0 Å². The molecule has 0 saturated heterocycles. The number of methoxy groups -OCH3 is 1. The fraction of sp³-hybridized carbons (Fsp3) is 0.235. The van der Waals surface area contributed by atoms with Gasteiger partial charge in [-0.1, -0.05) is 29.3 Å². The molecule has 1 N–H and O–H groups in total. The predicted molar refractivity (Wildman–Crippen MR) is 83.6 cm³/mol. The van der Waals surface area contributed by atoms with Crippen LogP contribution in [0.1, 0.15) is 16.7 Å². The van der Waals surface area contributed by atoms with Crippen LogP contribution in [0, 0.1) is 13.8 Å². The molecule has 1 aromatic heterocycles. The van der Waals surface area contributed by atoms with Crippen molar-refractivity contribution in [1.29, 1.82) is 0 Å². The van der Waals surface area contributed by atoms with E-state index < -0.39 is 5.97 Å². The maximum absolute atomic E-state index is 11.3. The molecule has 5 heteroatoms. The first kappa shape index (κ1) is 15.7. The monoisotopic (exact) mass is 301 g/mol. The number of rotatable bonds is 6. The van der Waals surface area contributed by atoms with E-state index in [0.29, 0.717) is 12.5 Å². The molecule has 1 heterocycles. The quantitative estimate of drug-likeness (QED) is 0.657. The van der Waals surface area contributed by atoms with E-state index in [1.54, 1.807) is 18.3 Å². The molecule has 0 amide bonds. The smallest absolute Gasteiger partial charge is 0.356 e. The summed E-state index contributed by atoms with van der Waals surface area (Å²) >= 11 is 0. The first-order valence-electron chi connectivity index (χ1n) is 6.85. The summed E-state index contributed by atoms with van der Waals surface area (Å²) < 4.78 is 12.0. The largest absolute Gasteiger partial charge is 0.502 e. The van der Waals surface area contributed by atoms with E-state index in [1.165, 1.54) is 29.1 Å². The fourth-order valence-corrected chi connectivity index (χ4v) is 2.31. The highest BCUT2D eigenvalue weighted by Crippen LogP contribution is 2.20. The number of ether oxygens (including phenoxy) is 2. The zero-order valence-corrected chi connectivity index (χ0v) is 12.9. The van der Waals surface area contributed by atoms with Crippen LogP contribution in [-0.2, 0) is 16.1 Å². The lowest BCUT2D eigenvalue weighted by Gasteiger charge is -2.12. The van der Waals surface area contributed by atoms with Gasteiger partial charge in [-0.3, -0.25) is 4.57 Å². The van der Waals surface area contributed by atoms with Gasteiger partial charge >= 0.3 is 5.97 Å². The van der Waals surface area contributed by atoms with Crippen LogP contribution in [-0.4, -0.2) is 22.8 Å². The van der Waals surface area contributed by atoms with Crippen molar-refractivity contribution in [3.05, 3.63) is 59.5 Å². The molecule has 0 aliphatic carbocycles. The Morgan fingerprint density at radius 3 is 2.55 bits per heavy atom. The molecule has 1 aromatic carbocycles. The third-order valence-corrected chi connectivity index (χ3v) is 3.09. The Labute approximate surface area is 129 Å². The highest BCUT2D eigenvalue weighted by molar-refractivity contribution is 6.08. The molecule has 0 aliphatic rings. The highest BCUT2D eigenvalue weighted by atomic mass is 16.5. The number of carboxylic acids is 1. The van der Waals surface area contributed by atoms with Crippen molar-refractivity contribution in [1.82, 2.24) is 4.57 Å². The third-order valence-electron chi connectivity index (χ3n) is 3.09. The first-order chi connectivity index (χ1) is 10.5. The predicted octanol–water partition coefficient (Wildman–Crippen LogP) is 3.21. The van der Waals surface area contributed by atoms with Gasteiger partial charge in [-0.15, -0.1) is 0 Å². The summed E-state index contributed by atoms with van der Waals surface area (Å²) in [6.07, 6.45) is 2.79. The average molecular weight is 301 g/mol. The fourth-order valence-electron chi connectivity index (χ4n) is 2.31. The number of aromatic nitrogens is 1. The third kappa shape index (κ3) is 3.69. The van der Waals surface area contributed by atoms with Crippen LogP contribution < -0.4 is 4.74 Å². The lowest BCUT2D eigenvalue weighted by Crippen LogP contribution is -2.10. The van der Waals surface area contributed by atoms with Gasteiger partial charge in [0.15, 0.2) is 11.6 Å². The van der Waals surface area contributed by atoms with Crippen molar-refractivity contribution in [3.8, 4) is 5.88 Å². The maximum atomic E-state index is 11.3. The van der Waals surface area contributed by atoms with Gasteiger partial charge in [0, 0.05) is 12.3 Å². The molecule has 0 atom stereocenters. The summed E-state index contributed by atoms with van der Waals surface area (Å²) in [6.45, 7) is 4.43. The molecule has 0 spiro atoms. The van der Waals surface area contributed by atoms with Gasteiger partial charge in [-0.05, 0) is 25.5 Å². The van der Waals surface area contributed by atoms with Gasteiger partial charge < -0.3 is 14.6 Å². The lowest BCUT2D eigenvalue weighted by molar-refractivity contribution is -0.130. The molecule has 0 radical (unpaired) electrons. The molecule has 5 nitrogen and oxygen atoms in total. The van der Waals surface area contributed by atoms with Crippen molar-refractivity contribution < 1.29 is 19.4 Å². The second kappa shape index (κ2) is 6.85. The molecule has 2 aromatic rings. The Balaban J connectivity index is 2.19. The number of nitrogens with zero attached hydrogens (tertiary/aromatic N) is 1. The Morgan fingerprint density at radius 1 is 1.27 bits per heavy atom. The van der Waals surface area contributed by atoms with Crippen LogP contribution in [0.5, 0.6) is 5.88 Å². The van der Waals surface area contributed by atoms with Crippen LogP contribution in [0.15, 0.2) is 42.8 Å². The van der Waals surface area contributed by atoms with E-state index in [-0.39, 0.29) is 5.70 Å². The maximum Gasteiger partial charge on any atom is 0.356 e. The summed E-state index contributed by atoms with van der Waals surface area (Å²) in [5.74, 6) is -0.640. The SMILES string of the molecule is CO/C=C(\C(=O)O)n1cccc1OCc1cc(C)cc(C)c1. The average Bonchev–Trinajstić information content (AvgIpc) is 2.89. The molecule has 0 unspecified atom stereocenters. The lowest BCUT2D eigenvalue weighted by atomic mass is 10.1. The Hall–Kier alpha value is -2.69. The minimum absolute atomic E-state index is 0.0112. The molecule has 0 fully saturated rings. The van der Waals surface area contributed by atoms with Crippen molar-refractivity contribution in [2.45, 2.75) is 20.5 Å². The van der Waals surface area contributed by atoms with Crippen LogP contribution in [0.4, 0.5) is 0 Å². The van der Waals surface area contributed by atoms with Crippen molar-refractivity contribution >= 4 is 11.7 Å². The van der Waals surface area contributed by atoms with E-state index in [4.69, 9.17) is 9.47 Å². The van der Waals surface area contributed by atoms with Gasteiger partial charge in [-0.2, -0.15) is 0 Å². The highest BCUT2D eigenvalue weighted by Gasteiger charge is 2.14. The molecular formula is C17H19NO4. The normalized spacial score (nSPS) is 11.3. The molecule has 0 aliphatic heterocycles. The molecule has 116 valence electrons. The van der Waals surface area contributed by atoms with Gasteiger partial charge in [0.25, 0.3) is 0 Å². The summed E-state index contributed by atoms with van der Waals surface area (Å²) in [4.78, 5) is 11.3. The molecular weight excluding hydrogens is 282 g/mol. The van der Waals surface area contributed by atoms with Crippen molar-refractivity contribution in [3.63, 3.8) is 0 Å². The summed E-state index contributed by atoms with van der Waals surface area (Å²) in [7, 11) is 1.41. The Morgan fingerprint density at radius 2 is 1.95 bits per heavy atom. The minimum atomic E-state index is -1.09. The molecule has 0 saturated carbocycles. The van der Waals surface area contributed by atoms with Gasteiger partial charge in [0.05, 0.1) is 7.11 Å². The topological polar surface area (TPSA) is 60.7 Å². The summed E-state index contributed by atoms with van der Waals surface area (Å²) in [6, 6.07) is 9.63. The first-order valence-corrected chi connectivity index (χ1v) is 6.85. The van der Waals surface area contributed by atoms with E-state index >= 15 is 0 Å². The summed E-state index contributed by atoms with van der Waals surface area (Å²) in [5.41, 5.74) is 3.36. The standard InChI is InChI=1S/C17H19NO4/c1-12-7-13(2)9-14(8-12)10-22-16-5-4-6-18(16)15(11-21-3)17(19)20/h4-9,11H,10H2,1-3H3,(H,19,20)/b15-11+. The number of benzene rings is 1. The van der Waals surface area contributed by atoms with Crippen molar-refractivity contribution in [2.75, 3.05) is 7.11 Å². The number of hydrogen-bond donors (Lipinski definition) is 1. The zero-order valence-electron chi connectivity index (χ0n) is 12.9. The van der Waals surface area contributed by atoms with Gasteiger partial charge in [0.2, 0.25) is 0 Å². The number of aryl methyl sites for hydroxylation is 2. The van der Waals surface area contributed by atoms with Crippen LogP contribution in [0.2, 0.25) is 0 Å². The number of carboxylic acid groups (broad SMARTS) is 1. The minimum Gasteiger partial charge on any atom is -0.502 e. The van der Waals surface area contributed by atoms with E-state index in [0.717, 1.165) is 5.56 Å². The van der Waals surface area contributed by atoms with Crippen LogP contribution >= 0.6 is 0 Å². The Bertz CT molecular complexity index is 680. The van der Waals surface area contributed by atoms with Crippen molar-refractivity contribution in [2.24, 2.45) is 0 Å². The van der Waals surface area contributed by atoms with E-state index in [2.05, 4.69) is 6.07 Å². The second-order valence-electron chi connectivity index (χ2n) is 5.05. The molecule has 2 rings (SSSR count). The van der Waals surface area contributed by atoms with Crippen LogP contribution in [0.25, 0.3) is 5.70 Å². The zero-order chi connectivity index (χ0) is 16.1. The summed E-state index contributed by atoms with van der Waals surface area (Å²) in [5, 5.41) is 9.23. The number of hydrogen-bond acceptors (Lipinski definition) is 3. The van der Waals surface area contributed by atoms with Gasteiger partial charge in [0.1, 0.15) is 12.9 Å². The number of aliphatic carboxylic acids is 1. The van der Waals surface area contributed by atoms with E-state index in [9.17, 15) is 9.90 Å². The Kier molecular flexibility index (Phi) is 4.88. The number of carbonyl (C=O) groups is 1. The second-order valence-corrected chi connectivity index (χ2v) is 5.05.